The Morgan fingerprint density at radius 2 is 2.05 bits per heavy atom. The minimum atomic E-state index is -1.24. The van der Waals surface area contributed by atoms with E-state index in [2.05, 4.69) is 5.10 Å². The molecule has 1 aromatic heterocycles. The van der Waals surface area contributed by atoms with Gasteiger partial charge in [0.2, 0.25) is 0 Å². The van der Waals surface area contributed by atoms with E-state index in [-0.39, 0.29) is 6.54 Å². The molecule has 2 rings (SSSR count). The number of nitrogens with zero attached hydrogens (tertiary/aromatic N) is 2. The van der Waals surface area contributed by atoms with Gasteiger partial charge in [0.25, 0.3) is 0 Å². The van der Waals surface area contributed by atoms with E-state index in [1.807, 2.05) is 43.3 Å². The highest BCUT2D eigenvalue weighted by atomic mass is 16.5. The molecule has 106 valence electrons. The van der Waals surface area contributed by atoms with Gasteiger partial charge in [-0.2, -0.15) is 5.10 Å². The second kappa shape index (κ2) is 5.88. The van der Waals surface area contributed by atoms with E-state index in [9.17, 15) is 4.79 Å². The Labute approximate surface area is 118 Å². The van der Waals surface area contributed by atoms with E-state index in [1.54, 1.807) is 17.8 Å². The maximum atomic E-state index is 12.3. The highest BCUT2D eigenvalue weighted by Crippen LogP contribution is 2.22. The number of benzene rings is 1. The third-order valence-corrected chi connectivity index (χ3v) is 3.11. The Morgan fingerprint density at radius 1 is 1.35 bits per heavy atom. The molecule has 0 radical (unpaired) electrons. The topological polar surface area (TPSA) is 70.1 Å². The highest BCUT2D eigenvalue weighted by molar-refractivity contribution is 5.82. The number of ether oxygens (including phenoxy) is 1. The molecule has 0 fully saturated rings. The third kappa shape index (κ3) is 2.88. The SMILES string of the molecule is CCOC(=O)C(N)(Cn1ccc(C)n1)c1ccccc1. The Bertz CT molecular complexity index is 580. The van der Waals surface area contributed by atoms with Gasteiger partial charge in [-0.1, -0.05) is 30.3 Å². The fourth-order valence-electron chi connectivity index (χ4n) is 2.08. The number of esters is 1. The number of hydrogen-bond acceptors (Lipinski definition) is 4. The zero-order valence-electron chi connectivity index (χ0n) is 11.7. The fourth-order valence-corrected chi connectivity index (χ4v) is 2.08. The normalized spacial score (nSPS) is 13.8. The lowest BCUT2D eigenvalue weighted by Crippen LogP contribution is -2.49. The molecule has 5 heteroatoms. The molecule has 0 aliphatic carbocycles. The van der Waals surface area contributed by atoms with Crippen molar-refractivity contribution in [2.24, 2.45) is 5.73 Å². The van der Waals surface area contributed by atoms with Crippen LogP contribution >= 0.6 is 0 Å². The molecule has 0 spiro atoms. The maximum Gasteiger partial charge on any atom is 0.332 e. The summed E-state index contributed by atoms with van der Waals surface area (Å²) in [5.41, 5.74) is 6.71. The summed E-state index contributed by atoms with van der Waals surface area (Å²) in [4.78, 5) is 12.3. The molecule has 1 heterocycles. The number of rotatable bonds is 5. The van der Waals surface area contributed by atoms with Gasteiger partial charge >= 0.3 is 5.97 Å². The van der Waals surface area contributed by atoms with E-state index in [0.717, 1.165) is 5.69 Å². The van der Waals surface area contributed by atoms with Gasteiger partial charge in [-0.15, -0.1) is 0 Å². The lowest BCUT2D eigenvalue weighted by Gasteiger charge is -2.27. The van der Waals surface area contributed by atoms with E-state index in [1.165, 1.54) is 0 Å². The van der Waals surface area contributed by atoms with Crippen LogP contribution in [0.5, 0.6) is 0 Å². The first-order chi connectivity index (χ1) is 9.56. The summed E-state index contributed by atoms with van der Waals surface area (Å²) in [5.74, 6) is -0.445. The zero-order valence-corrected chi connectivity index (χ0v) is 11.7. The molecule has 2 N–H and O–H groups in total. The van der Waals surface area contributed by atoms with Crippen LogP contribution in [0.4, 0.5) is 0 Å². The third-order valence-electron chi connectivity index (χ3n) is 3.11. The zero-order chi connectivity index (χ0) is 14.6. The van der Waals surface area contributed by atoms with Crippen molar-refractivity contribution in [3.63, 3.8) is 0 Å². The van der Waals surface area contributed by atoms with Crippen LogP contribution in [0.3, 0.4) is 0 Å². The standard InChI is InChI=1S/C15H19N3O2/c1-3-20-14(19)15(16,13-7-5-4-6-8-13)11-18-10-9-12(2)17-18/h4-10H,3,11,16H2,1-2H3. The molecular formula is C15H19N3O2. The van der Waals surface area contributed by atoms with Crippen LogP contribution in [-0.2, 0) is 21.6 Å². The fraction of sp³-hybridized carbons (Fsp3) is 0.333. The quantitative estimate of drug-likeness (QED) is 0.840. The van der Waals surface area contributed by atoms with Crippen molar-refractivity contribution in [3.8, 4) is 0 Å². The molecule has 5 nitrogen and oxygen atoms in total. The predicted octanol–water partition coefficient (Wildman–Crippen LogP) is 1.61. The predicted molar refractivity (Wildman–Crippen MR) is 75.9 cm³/mol. The smallest absolute Gasteiger partial charge is 0.332 e. The largest absolute Gasteiger partial charge is 0.464 e. The van der Waals surface area contributed by atoms with Gasteiger partial charge in [-0.05, 0) is 25.5 Å². The Kier molecular flexibility index (Phi) is 4.20. The molecule has 2 aromatic rings. The minimum absolute atomic E-state index is 0.240. The number of hydrogen-bond donors (Lipinski definition) is 1. The monoisotopic (exact) mass is 273 g/mol. The molecule has 0 aliphatic heterocycles. The van der Waals surface area contributed by atoms with Crippen LogP contribution < -0.4 is 5.73 Å². The van der Waals surface area contributed by atoms with Crippen LogP contribution in [0.1, 0.15) is 18.2 Å². The maximum absolute atomic E-state index is 12.3. The first kappa shape index (κ1) is 14.3. The lowest BCUT2D eigenvalue weighted by atomic mass is 9.91. The molecule has 0 saturated carbocycles. The van der Waals surface area contributed by atoms with Crippen molar-refractivity contribution in [2.45, 2.75) is 25.9 Å². The van der Waals surface area contributed by atoms with Crippen LogP contribution in [0.15, 0.2) is 42.6 Å². The van der Waals surface area contributed by atoms with Gasteiger partial charge in [0, 0.05) is 6.20 Å². The van der Waals surface area contributed by atoms with Gasteiger partial charge in [0.15, 0.2) is 5.54 Å². The van der Waals surface area contributed by atoms with Crippen LogP contribution in [0, 0.1) is 6.92 Å². The average molecular weight is 273 g/mol. The van der Waals surface area contributed by atoms with Gasteiger partial charge in [-0.3, -0.25) is 4.68 Å². The van der Waals surface area contributed by atoms with Gasteiger partial charge in [-0.25, -0.2) is 4.79 Å². The number of aromatic nitrogens is 2. The molecule has 20 heavy (non-hydrogen) atoms. The summed E-state index contributed by atoms with van der Waals surface area (Å²) in [6.07, 6.45) is 1.80. The van der Waals surface area contributed by atoms with E-state index in [0.29, 0.717) is 12.2 Å². The summed E-state index contributed by atoms with van der Waals surface area (Å²) < 4.78 is 6.80. The Balaban J connectivity index is 2.36. The number of carbonyl (C=O) groups is 1. The van der Waals surface area contributed by atoms with Crippen molar-refractivity contribution in [2.75, 3.05) is 6.61 Å². The van der Waals surface area contributed by atoms with Gasteiger partial charge in [0.1, 0.15) is 0 Å². The summed E-state index contributed by atoms with van der Waals surface area (Å²) >= 11 is 0. The van der Waals surface area contributed by atoms with Crippen LogP contribution in [0.25, 0.3) is 0 Å². The summed E-state index contributed by atoms with van der Waals surface area (Å²) in [6, 6.07) is 11.1. The van der Waals surface area contributed by atoms with Crippen molar-refractivity contribution in [1.29, 1.82) is 0 Å². The molecule has 0 amide bonds. The molecule has 1 atom stereocenters. The molecule has 0 aliphatic rings. The lowest BCUT2D eigenvalue weighted by molar-refractivity contribution is -0.150. The molecule has 1 aromatic carbocycles. The summed E-state index contributed by atoms with van der Waals surface area (Å²) in [6.45, 7) is 4.19. The summed E-state index contributed by atoms with van der Waals surface area (Å²) in [5, 5.41) is 4.29. The van der Waals surface area contributed by atoms with E-state index < -0.39 is 11.5 Å². The first-order valence-corrected chi connectivity index (χ1v) is 6.58. The van der Waals surface area contributed by atoms with Crippen LogP contribution in [-0.4, -0.2) is 22.4 Å². The van der Waals surface area contributed by atoms with Crippen molar-refractivity contribution in [1.82, 2.24) is 9.78 Å². The molecule has 0 saturated heterocycles. The van der Waals surface area contributed by atoms with Gasteiger partial charge in [0.05, 0.1) is 18.8 Å². The number of carbonyl (C=O) groups excluding carboxylic acids is 1. The molecule has 1 unspecified atom stereocenters. The van der Waals surface area contributed by atoms with Gasteiger partial charge < -0.3 is 10.5 Å². The molecule has 0 bridgehead atoms. The van der Waals surface area contributed by atoms with Crippen LogP contribution in [0.2, 0.25) is 0 Å². The second-order valence-electron chi connectivity index (χ2n) is 4.71. The van der Waals surface area contributed by atoms with Crippen molar-refractivity contribution >= 4 is 5.97 Å². The summed E-state index contributed by atoms with van der Waals surface area (Å²) in [7, 11) is 0. The number of aryl methyl sites for hydroxylation is 1. The van der Waals surface area contributed by atoms with E-state index >= 15 is 0 Å². The Hall–Kier alpha value is -2.14. The molecular weight excluding hydrogens is 254 g/mol. The number of nitrogens with two attached hydrogens (primary N) is 1. The minimum Gasteiger partial charge on any atom is -0.464 e. The van der Waals surface area contributed by atoms with Crippen molar-refractivity contribution < 1.29 is 9.53 Å². The average Bonchev–Trinajstić information content (AvgIpc) is 2.85. The Morgan fingerprint density at radius 3 is 2.60 bits per heavy atom. The van der Waals surface area contributed by atoms with E-state index in [4.69, 9.17) is 10.5 Å². The highest BCUT2D eigenvalue weighted by Gasteiger charge is 2.38. The first-order valence-electron chi connectivity index (χ1n) is 6.58. The van der Waals surface area contributed by atoms with Crippen molar-refractivity contribution in [3.05, 3.63) is 53.9 Å². The second-order valence-corrected chi connectivity index (χ2v) is 4.71.